The van der Waals surface area contributed by atoms with Gasteiger partial charge in [-0.15, -0.1) is 0 Å². The molecule has 9 aromatic carbocycles. The number of nitrogens with zero attached hydrogens (tertiary/aromatic N) is 2. The molecule has 1 unspecified atom stereocenters. The van der Waals surface area contributed by atoms with Crippen LogP contribution in [0.4, 0.5) is 0 Å². The first-order valence-electron chi connectivity index (χ1n) is 21.6. The van der Waals surface area contributed by atoms with Crippen molar-refractivity contribution in [3.63, 3.8) is 0 Å². The molecule has 1 aliphatic rings. The van der Waals surface area contributed by atoms with Gasteiger partial charge in [-0.05, 0) is 99.0 Å². The molecule has 0 bridgehead atoms. The highest BCUT2D eigenvalue weighted by Crippen LogP contribution is 2.53. The van der Waals surface area contributed by atoms with E-state index in [-0.39, 0.29) is 5.41 Å². The van der Waals surface area contributed by atoms with E-state index in [2.05, 4.69) is 195 Å². The Labute approximate surface area is 366 Å². The van der Waals surface area contributed by atoms with Crippen LogP contribution in [0.15, 0.2) is 229 Å². The van der Waals surface area contributed by atoms with Crippen LogP contribution in [0.1, 0.15) is 23.6 Å². The molecule has 3 nitrogen and oxygen atoms in total. The molecule has 0 amide bonds. The van der Waals surface area contributed by atoms with Gasteiger partial charge in [0.1, 0.15) is 11.2 Å². The summed E-state index contributed by atoms with van der Waals surface area (Å²) in [5.41, 5.74) is 19.3. The van der Waals surface area contributed by atoms with Crippen LogP contribution in [0.3, 0.4) is 0 Å². The SMILES string of the molecule is CC1(c2ccccc2)c2ccccc2-c2cc(-c3ccccc3-c3cc(-c4cc(-c5ccccc5)nc(-c5ccccc5)n4)cc(-c4cccc5c4oc4ccccc45)c3)ccc21. The molecule has 2 heterocycles. The molecule has 0 spiro atoms. The first-order valence-corrected chi connectivity index (χ1v) is 21.6. The minimum Gasteiger partial charge on any atom is -0.455 e. The Morgan fingerprint density at radius 1 is 0.349 bits per heavy atom. The number of fused-ring (bicyclic) bond motifs is 6. The van der Waals surface area contributed by atoms with E-state index in [0.29, 0.717) is 5.82 Å². The van der Waals surface area contributed by atoms with Gasteiger partial charge in [0.25, 0.3) is 0 Å². The van der Waals surface area contributed by atoms with Crippen molar-refractivity contribution in [2.75, 3.05) is 0 Å². The molecule has 3 heteroatoms. The number of hydrogen-bond acceptors (Lipinski definition) is 3. The molecular formula is C60H40N2O. The summed E-state index contributed by atoms with van der Waals surface area (Å²) < 4.78 is 6.67. The molecule has 0 N–H and O–H groups in total. The Balaban J connectivity index is 1.08. The fourth-order valence-corrected chi connectivity index (χ4v) is 9.87. The number of aromatic nitrogens is 2. The maximum absolute atomic E-state index is 6.67. The van der Waals surface area contributed by atoms with E-state index < -0.39 is 0 Å². The summed E-state index contributed by atoms with van der Waals surface area (Å²) in [6, 6.07) is 80.1. The number of rotatable bonds is 7. The van der Waals surface area contributed by atoms with Crippen molar-refractivity contribution in [1.29, 1.82) is 0 Å². The van der Waals surface area contributed by atoms with Gasteiger partial charge in [-0.1, -0.05) is 188 Å². The minimum atomic E-state index is -0.263. The summed E-state index contributed by atoms with van der Waals surface area (Å²) >= 11 is 0. The van der Waals surface area contributed by atoms with Gasteiger partial charge in [-0.2, -0.15) is 0 Å². The van der Waals surface area contributed by atoms with E-state index in [1.165, 1.54) is 33.4 Å². The Morgan fingerprint density at radius 3 is 1.65 bits per heavy atom. The third-order valence-corrected chi connectivity index (χ3v) is 13.0. The standard InChI is InChI=1S/C60H40N2O/c1-60(45-22-9-4-10-23-45)53-30-15-13-26-49(53)52-37-41(32-33-54(52)60)46-24-11-12-25-47(46)42-34-43(48-28-17-29-51-50-27-14-16-31-57(50)63-58(48)51)36-44(35-42)56-38-55(39-18-5-2-6-19-39)61-59(62-56)40-20-7-3-8-21-40/h2-38H,1H3. The van der Waals surface area contributed by atoms with Crippen molar-refractivity contribution in [2.24, 2.45) is 0 Å². The molecule has 0 fully saturated rings. The van der Waals surface area contributed by atoms with Crippen LogP contribution in [0.2, 0.25) is 0 Å². The van der Waals surface area contributed by atoms with Crippen LogP contribution < -0.4 is 0 Å². The number of furan rings is 1. The highest BCUT2D eigenvalue weighted by atomic mass is 16.3. The van der Waals surface area contributed by atoms with Gasteiger partial charge in [0.05, 0.1) is 11.4 Å². The summed E-state index contributed by atoms with van der Waals surface area (Å²) in [5, 5.41) is 2.20. The van der Waals surface area contributed by atoms with Crippen molar-refractivity contribution in [1.82, 2.24) is 9.97 Å². The fraction of sp³-hybridized carbons (Fsp3) is 0.0333. The summed E-state index contributed by atoms with van der Waals surface area (Å²) in [6.07, 6.45) is 0. The lowest BCUT2D eigenvalue weighted by molar-refractivity contribution is 0.670. The quantitative estimate of drug-likeness (QED) is 0.161. The molecule has 63 heavy (non-hydrogen) atoms. The molecule has 1 atom stereocenters. The van der Waals surface area contributed by atoms with E-state index >= 15 is 0 Å². The normalized spacial score (nSPS) is 14.2. The monoisotopic (exact) mass is 804 g/mol. The second kappa shape index (κ2) is 14.8. The Hall–Kier alpha value is -8.14. The zero-order valence-electron chi connectivity index (χ0n) is 34.7. The highest BCUT2D eigenvalue weighted by Gasteiger charge is 2.40. The van der Waals surface area contributed by atoms with Gasteiger partial charge in [-0.25, -0.2) is 9.97 Å². The first-order chi connectivity index (χ1) is 31.1. The highest BCUT2D eigenvalue weighted by molar-refractivity contribution is 6.10. The van der Waals surface area contributed by atoms with Crippen LogP contribution in [-0.2, 0) is 5.41 Å². The average molecular weight is 805 g/mol. The molecule has 11 aromatic rings. The average Bonchev–Trinajstić information content (AvgIpc) is 3.87. The number of hydrogen-bond donors (Lipinski definition) is 0. The van der Waals surface area contributed by atoms with E-state index in [0.717, 1.165) is 77.8 Å². The van der Waals surface area contributed by atoms with Crippen LogP contribution >= 0.6 is 0 Å². The molecule has 12 rings (SSSR count). The fourth-order valence-electron chi connectivity index (χ4n) is 9.87. The van der Waals surface area contributed by atoms with E-state index in [1.54, 1.807) is 0 Å². The number of para-hydroxylation sites is 2. The lowest BCUT2D eigenvalue weighted by atomic mass is 9.74. The lowest BCUT2D eigenvalue weighted by Gasteiger charge is -2.28. The van der Waals surface area contributed by atoms with Gasteiger partial charge in [0.2, 0.25) is 0 Å². The summed E-state index contributed by atoms with van der Waals surface area (Å²) in [6.45, 7) is 2.37. The van der Waals surface area contributed by atoms with Crippen molar-refractivity contribution in [2.45, 2.75) is 12.3 Å². The van der Waals surface area contributed by atoms with E-state index in [9.17, 15) is 0 Å². The third kappa shape index (κ3) is 6.12. The Morgan fingerprint density at radius 2 is 0.889 bits per heavy atom. The van der Waals surface area contributed by atoms with Gasteiger partial charge in [-0.3, -0.25) is 0 Å². The summed E-state index contributed by atoms with van der Waals surface area (Å²) in [5.74, 6) is 0.680. The topological polar surface area (TPSA) is 38.9 Å². The zero-order chi connectivity index (χ0) is 41.9. The second-order valence-electron chi connectivity index (χ2n) is 16.6. The van der Waals surface area contributed by atoms with Crippen molar-refractivity contribution >= 4 is 21.9 Å². The van der Waals surface area contributed by atoms with Gasteiger partial charge < -0.3 is 4.42 Å². The van der Waals surface area contributed by atoms with Gasteiger partial charge in [0, 0.05) is 38.4 Å². The largest absolute Gasteiger partial charge is 0.455 e. The van der Waals surface area contributed by atoms with Crippen molar-refractivity contribution < 1.29 is 4.42 Å². The molecule has 296 valence electrons. The van der Waals surface area contributed by atoms with Crippen molar-refractivity contribution in [3.05, 3.63) is 241 Å². The van der Waals surface area contributed by atoms with Gasteiger partial charge >= 0.3 is 0 Å². The van der Waals surface area contributed by atoms with Crippen LogP contribution in [0, 0.1) is 0 Å². The third-order valence-electron chi connectivity index (χ3n) is 13.0. The summed E-state index contributed by atoms with van der Waals surface area (Å²) in [4.78, 5) is 10.4. The Kier molecular flexibility index (Phi) is 8.62. The molecule has 0 radical (unpaired) electrons. The maximum Gasteiger partial charge on any atom is 0.160 e. The second-order valence-corrected chi connectivity index (χ2v) is 16.6. The van der Waals surface area contributed by atoms with E-state index in [4.69, 9.17) is 14.4 Å². The molecule has 0 saturated carbocycles. The molecule has 2 aromatic heterocycles. The maximum atomic E-state index is 6.67. The summed E-state index contributed by atoms with van der Waals surface area (Å²) in [7, 11) is 0. The molecule has 0 aliphatic heterocycles. The molecular weight excluding hydrogens is 765 g/mol. The van der Waals surface area contributed by atoms with Crippen LogP contribution in [-0.4, -0.2) is 9.97 Å². The smallest absolute Gasteiger partial charge is 0.160 e. The number of benzene rings is 9. The van der Waals surface area contributed by atoms with Gasteiger partial charge in [0.15, 0.2) is 5.82 Å². The van der Waals surface area contributed by atoms with Crippen LogP contribution in [0.25, 0.3) is 100 Å². The van der Waals surface area contributed by atoms with Crippen molar-refractivity contribution in [3.8, 4) is 78.4 Å². The predicted octanol–water partition coefficient (Wildman–Crippen LogP) is 15.7. The Bertz CT molecular complexity index is 3460. The zero-order valence-corrected chi connectivity index (χ0v) is 34.7. The molecule has 1 aliphatic carbocycles. The minimum absolute atomic E-state index is 0.263. The van der Waals surface area contributed by atoms with E-state index in [1.807, 2.05) is 36.4 Å². The predicted molar refractivity (Wildman–Crippen MR) is 259 cm³/mol. The molecule has 0 saturated heterocycles. The first kappa shape index (κ1) is 36.7. The van der Waals surface area contributed by atoms with Crippen LogP contribution in [0.5, 0.6) is 0 Å². The lowest BCUT2D eigenvalue weighted by Crippen LogP contribution is -2.22.